The van der Waals surface area contributed by atoms with E-state index in [0.29, 0.717) is 0 Å². The topological polar surface area (TPSA) is 0 Å². The van der Waals surface area contributed by atoms with Gasteiger partial charge in [0, 0.05) is 15.8 Å². The van der Waals surface area contributed by atoms with Crippen molar-refractivity contribution in [2.24, 2.45) is 0 Å². The number of rotatable bonds is 6. The molecule has 208 valence electrons. The first kappa shape index (κ1) is 30.1. The van der Waals surface area contributed by atoms with E-state index in [1.165, 1.54) is 34.0 Å². The van der Waals surface area contributed by atoms with Crippen LogP contribution in [-0.4, -0.2) is 34.0 Å². The molecule has 0 N–H and O–H groups in total. The molecule has 0 aromatic carbocycles. The molecule has 35 heavy (non-hydrogen) atoms. The number of hydrogen-bond acceptors (Lipinski definition) is 0. The first-order valence-corrected chi connectivity index (χ1v) is 23.3. The summed E-state index contributed by atoms with van der Waals surface area (Å²) in [5.74, 6) is 0. The van der Waals surface area contributed by atoms with Crippen molar-refractivity contribution >= 4 is 34.9 Å². The minimum atomic E-state index is -0.106. The van der Waals surface area contributed by atoms with Gasteiger partial charge in [-0.1, -0.05) is 0 Å². The molecule has 0 heterocycles. The van der Waals surface area contributed by atoms with E-state index in [1.54, 1.807) is 154 Å². The molecule has 0 saturated heterocycles. The molecule has 0 spiro atoms. The van der Waals surface area contributed by atoms with E-state index in [2.05, 4.69) is 0 Å². The van der Waals surface area contributed by atoms with Crippen molar-refractivity contribution in [1.82, 2.24) is 0 Å². The second-order valence-corrected chi connectivity index (χ2v) is 22.2. The first-order chi connectivity index (χ1) is 17.3. The molecule has 6 aliphatic rings. The van der Waals surface area contributed by atoms with Gasteiger partial charge in [0.05, 0.1) is 34.0 Å². The van der Waals surface area contributed by atoms with Gasteiger partial charge in [-0.15, -0.1) is 0 Å². The second-order valence-electron chi connectivity index (χ2n) is 12.9. The Morgan fingerprint density at radius 3 is 0.543 bits per heavy atom. The summed E-state index contributed by atoms with van der Waals surface area (Å²) in [6.07, 6.45) is 38.3. The molecule has 0 aliphatic heterocycles. The van der Waals surface area contributed by atoms with Gasteiger partial charge in [0.1, 0.15) is 0 Å². The molecule has 5 heteroatoms. The third-order valence-electron chi connectivity index (χ3n) is 11.0. The second kappa shape index (κ2) is 17.0. The summed E-state index contributed by atoms with van der Waals surface area (Å²) in [5.41, 5.74) is 7.48. The maximum absolute atomic E-state index is 4.81. The molecule has 0 aromatic rings. The zero-order chi connectivity index (χ0) is 24.3. The maximum atomic E-state index is 4.81. The summed E-state index contributed by atoms with van der Waals surface area (Å²) in [5, 5.41) is 0. The fraction of sp³-hybridized carbons (Fsp3) is 1.00. The number of halogens is 2. The van der Waals surface area contributed by atoms with Gasteiger partial charge in [-0.3, -0.25) is 0 Å². The predicted molar refractivity (Wildman–Crippen MR) is 162 cm³/mol. The van der Waals surface area contributed by atoms with Gasteiger partial charge in [-0.25, -0.2) is 0 Å². The van der Waals surface area contributed by atoms with E-state index in [0.717, 1.165) is 0 Å². The summed E-state index contributed by atoms with van der Waals surface area (Å²) >= 11 is -0.106. The van der Waals surface area contributed by atoms with Crippen molar-refractivity contribution in [3.8, 4) is 0 Å². The minimum absolute atomic E-state index is 0.0224. The Balaban J connectivity index is 0.000000149. The summed E-state index contributed by atoms with van der Waals surface area (Å²) in [6, 6.07) is 0. The van der Waals surface area contributed by atoms with Gasteiger partial charge in [-0.2, -0.15) is 0 Å². The Hall–Kier alpha value is 2.10. The van der Waals surface area contributed by atoms with Crippen LogP contribution in [0.25, 0.3) is 0 Å². The van der Waals surface area contributed by atoms with Crippen LogP contribution in [0.4, 0.5) is 0 Å². The molecule has 0 nitrogen and oxygen atoms in total. The molecule has 0 aromatic heterocycles. The van der Waals surface area contributed by atoms with Crippen LogP contribution in [0.2, 0.25) is 0 Å². The van der Waals surface area contributed by atoms with E-state index >= 15 is 0 Å². The Morgan fingerprint density at radius 2 is 0.429 bits per heavy atom. The number of hydrogen-bond donors (Lipinski definition) is 0. The predicted octanol–water partition coefficient (Wildman–Crippen LogP) is 11.4. The van der Waals surface area contributed by atoms with Crippen molar-refractivity contribution in [1.29, 1.82) is 0 Å². The fourth-order valence-electron chi connectivity index (χ4n) is 9.55. The van der Waals surface area contributed by atoms with Crippen LogP contribution in [0.15, 0.2) is 0 Å². The molecule has 6 saturated carbocycles. The van der Waals surface area contributed by atoms with Crippen LogP contribution in [0.3, 0.4) is 0 Å². The quantitative estimate of drug-likeness (QED) is 0.197. The normalized spacial score (nSPS) is 27.9. The zero-order valence-electron chi connectivity index (χ0n) is 22.5. The van der Waals surface area contributed by atoms with Gasteiger partial charge in [0.25, 0.3) is 0 Å². The Morgan fingerprint density at radius 1 is 0.314 bits per heavy atom. The Bertz CT molecular complexity index is 418. The van der Waals surface area contributed by atoms with Crippen LogP contribution >= 0.6 is 34.9 Å². The monoisotopic (exact) mass is 654 g/mol. The molecule has 0 amide bonds. The third kappa shape index (κ3) is 9.05. The molecule has 0 atom stereocenters. The van der Waals surface area contributed by atoms with Gasteiger partial charge >= 0.3 is 35.0 Å². The van der Waals surface area contributed by atoms with E-state index in [4.69, 9.17) is 19.1 Å². The molecule has 6 rings (SSSR count). The standard InChI is InChI=1S/2C15H27P.2ClH.Pd/c2*1-2-8-13(7-1)16(14-9-3-4-10-14)15-11-5-6-12-15;;;/h2*13-15H,1-12H2;2*1H;/q;;;;+2. The molecule has 6 fully saturated rings. The average molecular weight is 656 g/mol. The van der Waals surface area contributed by atoms with E-state index < -0.39 is 0 Å². The summed E-state index contributed by atoms with van der Waals surface area (Å²) < 4.78 is 0. The van der Waals surface area contributed by atoms with E-state index in [9.17, 15) is 0 Å². The van der Waals surface area contributed by atoms with Crippen LogP contribution in [0.1, 0.15) is 154 Å². The van der Waals surface area contributed by atoms with Crippen molar-refractivity contribution < 1.29 is 15.9 Å². The summed E-state index contributed by atoms with van der Waals surface area (Å²) in [7, 11) is 9.67. The molecule has 0 radical (unpaired) electrons. The van der Waals surface area contributed by atoms with E-state index in [1.807, 2.05) is 0 Å². The summed E-state index contributed by atoms with van der Waals surface area (Å²) in [4.78, 5) is 0. The average Bonchev–Trinajstić information content (AvgIpc) is 3.70. The molecule has 6 aliphatic carbocycles. The van der Waals surface area contributed by atoms with Crippen molar-refractivity contribution in [3.63, 3.8) is 0 Å². The third-order valence-corrected chi connectivity index (χ3v) is 20.1. The SMILES string of the molecule is C1CCC([PH+](C2CCCC2)C2CCCC2)C1.C1CCC([PH+](C2CCCC2)C2CCCC2)C1.[Cl][Pd][Cl]. The van der Waals surface area contributed by atoms with Crippen molar-refractivity contribution in [3.05, 3.63) is 0 Å². The van der Waals surface area contributed by atoms with Crippen molar-refractivity contribution in [2.45, 2.75) is 188 Å². The van der Waals surface area contributed by atoms with Crippen LogP contribution < -0.4 is 0 Å². The molecule has 0 bridgehead atoms. The first-order valence-electron chi connectivity index (χ1n) is 15.9. The van der Waals surface area contributed by atoms with Gasteiger partial charge < -0.3 is 0 Å². The van der Waals surface area contributed by atoms with Crippen molar-refractivity contribution in [2.75, 3.05) is 0 Å². The fourth-order valence-corrected chi connectivity index (χ4v) is 20.0. The summed E-state index contributed by atoms with van der Waals surface area (Å²) in [6.45, 7) is 0. The molecular formula is C30H56Cl2P2Pd+2. The van der Waals surface area contributed by atoms with Crippen LogP contribution in [-0.2, 0) is 15.9 Å². The van der Waals surface area contributed by atoms with Crippen LogP contribution in [0, 0.1) is 0 Å². The Kier molecular flexibility index (Phi) is 14.6. The Labute approximate surface area is 237 Å². The molecule has 0 unspecified atom stereocenters. The van der Waals surface area contributed by atoms with Gasteiger partial charge in [-0.05, 0) is 154 Å². The zero-order valence-corrected chi connectivity index (χ0v) is 27.6. The molecular weight excluding hydrogens is 600 g/mol. The van der Waals surface area contributed by atoms with E-state index in [-0.39, 0.29) is 31.8 Å². The van der Waals surface area contributed by atoms with Crippen LogP contribution in [0.5, 0.6) is 0 Å². The van der Waals surface area contributed by atoms with Gasteiger partial charge in [0.2, 0.25) is 0 Å². The van der Waals surface area contributed by atoms with Gasteiger partial charge in [0.15, 0.2) is 0 Å².